The number of ether oxygens (including phenoxy) is 1. The molecule has 2 aromatic carbocycles. The molecule has 3 rings (SSSR count). The van der Waals surface area contributed by atoms with Gasteiger partial charge in [0, 0.05) is 5.56 Å². The summed E-state index contributed by atoms with van der Waals surface area (Å²) in [7, 11) is 1.37. The average molecular weight is 297 g/mol. The van der Waals surface area contributed by atoms with Crippen LogP contribution in [0.3, 0.4) is 0 Å². The van der Waals surface area contributed by atoms with E-state index < -0.39 is 4.92 Å². The number of nitrogens with zero attached hydrogens (tertiary/aromatic N) is 3. The van der Waals surface area contributed by atoms with Gasteiger partial charge in [-0.3, -0.25) is 10.1 Å². The minimum absolute atomic E-state index is 0.0736. The molecule has 0 fully saturated rings. The van der Waals surface area contributed by atoms with Crippen molar-refractivity contribution in [3.8, 4) is 28.7 Å². The van der Waals surface area contributed by atoms with Crippen molar-refractivity contribution >= 4 is 5.69 Å². The summed E-state index contributed by atoms with van der Waals surface area (Å²) in [4.78, 5) is 10.8. The summed E-state index contributed by atoms with van der Waals surface area (Å²) in [5.41, 5.74) is 0.763. The number of benzene rings is 2. The highest BCUT2D eigenvalue weighted by molar-refractivity contribution is 5.72. The maximum absolute atomic E-state index is 11.3. The van der Waals surface area contributed by atoms with Gasteiger partial charge in [-0.15, -0.1) is 10.2 Å². The van der Waals surface area contributed by atoms with Crippen molar-refractivity contribution in [2.24, 2.45) is 0 Å². The summed E-state index contributed by atoms with van der Waals surface area (Å²) in [5, 5.41) is 19.1. The van der Waals surface area contributed by atoms with Gasteiger partial charge in [0.2, 0.25) is 5.89 Å². The molecular weight excluding hydrogens is 286 g/mol. The highest BCUT2D eigenvalue weighted by Gasteiger charge is 2.25. The van der Waals surface area contributed by atoms with Gasteiger partial charge in [0.1, 0.15) is 5.56 Å². The van der Waals surface area contributed by atoms with E-state index in [9.17, 15) is 10.1 Å². The van der Waals surface area contributed by atoms with Gasteiger partial charge in [0.15, 0.2) is 5.75 Å². The summed E-state index contributed by atoms with van der Waals surface area (Å²) < 4.78 is 10.6. The van der Waals surface area contributed by atoms with Gasteiger partial charge in [0.25, 0.3) is 5.89 Å². The van der Waals surface area contributed by atoms with Crippen LogP contribution in [-0.2, 0) is 0 Å². The number of para-hydroxylation sites is 1. The zero-order valence-electron chi connectivity index (χ0n) is 11.6. The van der Waals surface area contributed by atoms with Crippen LogP contribution in [0.1, 0.15) is 0 Å². The fourth-order valence-corrected chi connectivity index (χ4v) is 2.08. The lowest BCUT2D eigenvalue weighted by Crippen LogP contribution is -1.96. The van der Waals surface area contributed by atoms with Crippen LogP contribution < -0.4 is 4.74 Å². The maximum Gasteiger partial charge on any atom is 0.323 e. The molecule has 110 valence electrons. The summed E-state index contributed by atoms with van der Waals surface area (Å²) in [6.45, 7) is 0. The molecule has 3 aromatic rings. The fourth-order valence-electron chi connectivity index (χ4n) is 2.08. The van der Waals surface area contributed by atoms with Gasteiger partial charge in [-0.2, -0.15) is 0 Å². The predicted molar refractivity (Wildman–Crippen MR) is 78.4 cm³/mol. The Bertz CT molecular complexity index is 815. The Hall–Kier alpha value is -3.22. The molecule has 7 nitrogen and oxygen atoms in total. The van der Waals surface area contributed by atoms with Crippen LogP contribution in [0.4, 0.5) is 5.69 Å². The zero-order chi connectivity index (χ0) is 15.5. The number of nitro benzene ring substituents is 1. The summed E-state index contributed by atoms with van der Waals surface area (Å²) >= 11 is 0. The summed E-state index contributed by atoms with van der Waals surface area (Å²) in [6.07, 6.45) is 0. The van der Waals surface area contributed by atoms with Gasteiger partial charge < -0.3 is 9.15 Å². The molecule has 0 saturated carbocycles. The lowest BCUT2D eigenvalue weighted by atomic mass is 10.1. The molecule has 0 saturated heterocycles. The molecule has 0 aliphatic heterocycles. The molecule has 0 aliphatic rings. The van der Waals surface area contributed by atoms with E-state index in [2.05, 4.69) is 10.2 Å². The number of nitro groups is 1. The second-order valence-corrected chi connectivity index (χ2v) is 4.39. The van der Waals surface area contributed by atoms with Crippen molar-refractivity contribution in [2.75, 3.05) is 7.11 Å². The Morgan fingerprint density at radius 1 is 1.05 bits per heavy atom. The van der Waals surface area contributed by atoms with E-state index in [-0.39, 0.29) is 22.9 Å². The number of methoxy groups -OCH3 is 1. The molecule has 7 heteroatoms. The number of aromatic nitrogens is 2. The highest BCUT2D eigenvalue weighted by atomic mass is 16.6. The van der Waals surface area contributed by atoms with Crippen LogP contribution in [0.15, 0.2) is 52.9 Å². The first kappa shape index (κ1) is 13.7. The Morgan fingerprint density at radius 2 is 1.77 bits per heavy atom. The third-order valence-corrected chi connectivity index (χ3v) is 3.08. The van der Waals surface area contributed by atoms with Gasteiger partial charge >= 0.3 is 5.69 Å². The van der Waals surface area contributed by atoms with E-state index in [0.29, 0.717) is 5.89 Å². The van der Waals surface area contributed by atoms with Crippen LogP contribution in [-0.4, -0.2) is 22.2 Å². The van der Waals surface area contributed by atoms with Crippen molar-refractivity contribution in [3.05, 3.63) is 58.6 Å². The Morgan fingerprint density at radius 3 is 2.45 bits per heavy atom. The Balaban J connectivity index is 2.10. The van der Waals surface area contributed by atoms with E-state index in [0.717, 1.165) is 5.56 Å². The summed E-state index contributed by atoms with van der Waals surface area (Å²) in [6, 6.07) is 13.9. The molecular formula is C15H11N3O4. The number of hydrogen-bond acceptors (Lipinski definition) is 6. The fraction of sp³-hybridized carbons (Fsp3) is 0.0667. The lowest BCUT2D eigenvalue weighted by Gasteiger charge is -2.03. The molecule has 0 N–H and O–H groups in total. The van der Waals surface area contributed by atoms with E-state index in [1.54, 1.807) is 12.1 Å². The van der Waals surface area contributed by atoms with E-state index in [4.69, 9.17) is 9.15 Å². The molecule has 0 aliphatic carbocycles. The third kappa shape index (κ3) is 2.39. The monoisotopic (exact) mass is 297 g/mol. The molecule has 0 atom stereocenters. The Labute approximate surface area is 125 Å². The molecule has 1 aromatic heterocycles. The second-order valence-electron chi connectivity index (χ2n) is 4.39. The standard InChI is InChI=1S/C15H11N3O4/c1-21-12-9-5-8-11(13(12)18(19)20)15-17-16-14(22-15)10-6-3-2-4-7-10/h2-9H,1H3. The first-order valence-electron chi connectivity index (χ1n) is 6.41. The van der Waals surface area contributed by atoms with Gasteiger partial charge in [-0.05, 0) is 24.3 Å². The smallest absolute Gasteiger partial charge is 0.323 e. The van der Waals surface area contributed by atoms with Crippen LogP contribution >= 0.6 is 0 Å². The van der Waals surface area contributed by atoms with Gasteiger partial charge in [0.05, 0.1) is 12.0 Å². The van der Waals surface area contributed by atoms with E-state index in [1.165, 1.54) is 13.2 Å². The molecule has 0 bridgehead atoms. The maximum atomic E-state index is 11.3. The minimum atomic E-state index is -0.527. The quantitative estimate of drug-likeness (QED) is 0.542. The van der Waals surface area contributed by atoms with Crippen LogP contribution in [0, 0.1) is 10.1 Å². The predicted octanol–water partition coefficient (Wildman–Crippen LogP) is 3.32. The van der Waals surface area contributed by atoms with Crippen molar-refractivity contribution < 1.29 is 14.1 Å². The molecule has 22 heavy (non-hydrogen) atoms. The zero-order valence-corrected chi connectivity index (χ0v) is 11.6. The number of rotatable bonds is 4. The first-order valence-corrected chi connectivity index (χ1v) is 6.41. The van der Waals surface area contributed by atoms with Crippen molar-refractivity contribution in [1.82, 2.24) is 10.2 Å². The molecule has 0 radical (unpaired) electrons. The van der Waals surface area contributed by atoms with Crippen LogP contribution in [0.2, 0.25) is 0 Å². The molecule has 0 amide bonds. The van der Waals surface area contributed by atoms with Crippen molar-refractivity contribution in [3.63, 3.8) is 0 Å². The van der Waals surface area contributed by atoms with Gasteiger partial charge in [-0.25, -0.2) is 0 Å². The van der Waals surface area contributed by atoms with Gasteiger partial charge in [-0.1, -0.05) is 24.3 Å². The first-order chi connectivity index (χ1) is 10.7. The van der Waals surface area contributed by atoms with Crippen LogP contribution in [0.25, 0.3) is 22.9 Å². The normalized spacial score (nSPS) is 10.4. The molecule has 0 spiro atoms. The second kappa shape index (κ2) is 5.65. The largest absolute Gasteiger partial charge is 0.490 e. The van der Waals surface area contributed by atoms with Crippen molar-refractivity contribution in [1.29, 1.82) is 0 Å². The average Bonchev–Trinajstić information content (AvgIpc) is 3.04. The van der Waals surface area contributed by atoms with E-state index >= 15 is 0 Å². The lowest BCUT2D eigenvalue weighted by molar-refractivity contribution is -0.385. The third-order valence-electron chi connectivity index (χ3n) is 3.08. The molecule has 1 heterocycles. The van der Waals surface area contributed by atoms with Crippen molar-refractivity contribution in [2.45, 2.75) is 0 Å². The number of hydrogen-bond donors (Lipinski definition) is 0. The minimum Gasteiger partial charge on any atom is -0.490 e. The van der Waals surface area contributed by atoms with E-state index in [1.807, 2.05) is 30.3 Å². The highest BCUT2D eigenvalue weighted by Crippen LogP contribution is 2.37. The molecule has 0 unspecified atom stereocenters. The van der Waals surface area contributed by atoms with Crippen LogP contribution in [0.5, 0.6) is 5.75 Å². The topological polar surface area (TPSA) is 91.3 Å². The SMILES string of the molecule is COc1cccc(-c2nnc(-c3ccccc3)o2)c1[N+](=O)[O-]. The summed E-state index contributed by atoms with van der Waals surface area (Å²) in [5.74, 6) is 0.513. The Kier molecular flexibility index (Phi) is 3.53.